The molecule has 0 saturated heterocycles. The molecule has 0 amide bonds. The lowest BCUT2D eigenvalue weighted by Crippen LogP contribution is -2.34. The molecule has 0 saturated carbocycles. The van der Waals surface area contributed by atoms with Crippen molar-refractivity contribution in [2.75, 3.05) is 18.4 Å². The predicted molar refractivity (Wildman–Crippen MR) is 70.3 cm³/mol. The van der Waals surface area contributed by atoms with Gasteiger partial charge in [0.25, 0.3) is 0 Å². The summed E-state index contributed by atoms with van der Waals surface area (Å²) in [6.07, 6.45) is 0. The molecule has 0 aromatic heterocycles. The molecule has 3 nitrogen and oxygen atoms in total. The Morgan fingerprint density at radius 1 is 1.38 bits per heavy atom. The molecule has 0 heterocycles. The molecule has 0 aliphatic carbocycles. The van der Waals surface area contributed by atoms with Crippen molar-refractivity contribution in [2.45, 2.75) is 13.8 Å². The van der Waals surface area contributed by atoms with Gasteiger partial charge in [-0.2, -0.15) is 5.26 Å². The summed E-state index contributed by atoms with van der Waals surface area (Å²) >= 11 is 5.27. The number of thiocarbonyl (C=S) groups is 1. The Bertz CT molecular complexity index is 405. The molecule has 84 valence electrons. The van der Waals surface area contributed by atoms with Crippen LogP contribution in [0.1, 0.15) is 19.4 Å². The number of benzene rings is 1. The van der Waals surface area contributed by atoms with E-state index < -0.39 is 0 Å². The lowest BCUT2D eigenvalue weighted by atomic mass is 10.2. The largest absolute Gasteiger partial charge is 0.350 e. The van der Waals surface area contributed by atoms with Crippen LogP contribution in [0.3, 0.4) is 0 Å². The van der Waals surface area contributed by atoms with E-state index in [1.807, 2.05) is 36.9 Å². The maximum atomic E-state index is 8.94. The summed E-state index contributed by atoms with van der Waals surface area (Å²) in [6, 6.07) is 9.48. The fraction of sp³-hybridized carbons (Fsp3) is 0.333. The number of rotatable bonds is 3. The monoisotopic (exact) mass is 233 g/mol. The highest BCUT2D eigenvalue weighted by molar-refractivity contribution is 7.80. The van der Waals surface area contributed by atoms with Crippen LogP contribution in [-0.4, -0.2) is 23.1 Å². The number of anilines is 1. The minimum atomic E-state index is 0.608. The van der Waals surface area contributed by atoms with Crippen LogP contribution >= 0.6 is 12.2 Å². The van der Waals surface area contributed by atoms with Crippen molar-refractivity contribution in [3.8, 4) is 6.07 Å². The average Bonchev–Trinajstić information content (AvgIpc) is 2.31. The van der Waals surface area contributed by atoms with E-state index in [9.17, 15) is 0 Å². The highest BCUT2D eigenvalue weighted by Crippen LogP contribution is 2.14. The van der Waals surface area contributed by atoms with E-state index >= 15 is 0 Å². The Morgan fingerprint density at radius 2 is 2.00 bits per heavy atom. The first kappa shape index (κ1) is 12.5. The third kappa shape index (κ3) is 2.94. The summed E-state index contributed by atoms with van der Waals surface area (Å²) in [5.41, 5.74) is 1.37. The second-order valence-corrected chi connectivity index (χ2v) is 3.65. The Kier molecular flexibility index (Phi) is 4.74. The van der Waals surface area contributed by atoms with Crippen LogP contribution in [0.25, 0.3) is 0 Å². The Hall–Kier alpha value is -1.60. The maximum absolute atomic E-state index is 8.94. The lowest BCUT2D eigenvalue weighted by Gasteiger charge is -2.22. The first-order chi connectivity index (χ1) is 7.72. The molecule has 1 N–H and O–H groups in total. The first-order valence-electron chi connectivity index (χ1n) is 5.28. The van der Waals surface area contributed by atoms with Gasteiger partial charge in [0.05, 0.1) is 11.3 Å². The molecule has 4 heteroatoms. The highest BCUT2D eigenvalue weighted by atomic mass is 32.1. The van der Waals surface area contributed by atoms with Crippen molar-refractivity contribution < 1.29 is 0 Å². The number of nitrogens with zero attached hydrogens (tertiary/aromatic N) is 2. The van der Waals surface area contributed by atoms with Crippen LogP contribution in [0.15, 0.2) is 24.3 Å². The van der Waals surface area contributed by atoms with Crippen LogP contribution < -0.4 is 5.32 Å². The fourth-order valence-corrected chi connectivity index (χ4v) is 1.76. The topological polar surface area (TPSA) is 39.1 Å². The van der Waals surface area contributed by atoms with Gasteiger partial charge in [0, 0.05) is 13.1 Å². The number of nitriles is 1. The third-order valence-corrected chi connectivity index (χ3v) is 2.70. The van der Waals surface area contributed by atoms with E-state index in [1.165, 1.54) is 0 Å². The van der Waals surface area contributed by atoms with Gasteiger partial charge in [-0.15, -0.1) is 0 Å². The van der Waals surface area contributed by atoms with Gasteiger partial charge in [-0.05, 0) is 38.2 Å². The van der Waals surface area contributed by atoms with Gasteiger partial charge in [0.1, 0.15) is 6.07 Å². The summed E-state index contributed by atoms with van der Waals surface area (Å²) in [6.45, 7) is 5.81. The minimum absolute atomic E-state index is 0.608. The molecular weight excluding hydrogens is 218 g/mol. The molecule has 16 heavy (non-hydrogen) atoms. The van der Waals surface area contributed by atoms with E-state index in [-0.39, 0.29) is 0 Å². The molecular formula is C12H15N3S. The van der Waals surface area contributed by atoms with Gasteiger partial charge in [0.15, 0.2) is 5.11 Å². The molecule has 0 aliphatic heterocycles. The standard InChI is InChI=1S/C12H15N3S/c1-3-15(4-2)12(16)14-11-8-6-5-7-10(11)9-13/h5-8H,3-4H2,1-2H3,(H,14,16). The lowest BCUT2D eigenvalue weighted by molar-refractivity contribution is 0.473. The van der Waals surface area contributed by atoms with Gasteiger partial charge in [-0.25, -0.2) is 0 Å². The third-order valence-electron chi connectivity index (χ3n) is 2.34. The fourth-order valence-electron chi connectivity index (χ4n) is 1.39. The van der Waals surface area contributed by atoms with E-state index in [4.69, 9.17) is 17.5 Å². The summed E-state index contributed by atoms with van der Waals surface area (Å²) in [5, 5.41) is 12.7. The second kappa shape index (κ2) is 6.09. The molecule has 1 rings (SSSR count). The van der Waals surface area contributed by atoms with Crippen LogP contribution in [0.2, 0.25) is 0 Å². The van der Waals surface area contributed by atoms with Gasteiger partial charge in [0.2, 0.25) is 0 Å². The van der Waals surface area contributed by atoms with Gasteiger partial charge in [-0.3, -0.25) is 0 Å². The van der Waals surface area contributed by atoms with Crippen LogP contribution in [0.5, 0.6) is 0 Å². The van der Waals surface area contributed by atoms with E-state index in [1.54, 1.807) is 6.07 Å². The Morgan fingerprint density at radius 3 is 2.56 bits per heavy atom. The molecule has 0 bridgehead atoms. The van der Waals surface area contributed by atoms with Crippen molar-refractivity contribution in [3.05, 3.63) is 29.8 Å². The minimum Gasteiger partial charge on any atom is -0.350 e. The molecule has 0 unspecified atom stereocenters. The first-order valence-corrected chi connectivity index (χ1v) is 5.68. The molecule has 0 atom stereocenters. The summed E-state index contributed by atoms with van der Waals surface area (Å²) in [4.78, 5) is 2.03. The Balaban J connectivity index is 2.81. The molecule has 0 radical (unpaired) electrons. The second-order valence-electron chi connectivity index (χ2n) is 3.26. The smallest absolute Gasteiger partial charge is 0.173 e. The normalized spacial score (nSPS) is 9.31. The predicted octanol–water partition coefficient (Wildman–Crippen LogP) is 2.60. The van der Waals surface area contributed by atoms with Gasteiger partial charge < -0.3 is 10.2 Å². The Labute approximate surface area is 102 Å². The maximum Gasteiger partial charge on any atom is 0.173 e. The number of nitrogens with one attached hydrogen (secondary N) is 1. The van der Waals surface area contributed by atoms with Crippen molar-refractivity contribution in [2.24, 2.45) is 0 Å². The van der Waals surface area contributed by atoms with Crippen molar-refractivity contribution in [1.29, 1.82) is 5.26 Å². The summed E-state index contributed by atoms with van der Waals surface area (Å²) < 4.78 is 0. The molecule has 1 aromatic carbocycles. The number of hydrogen-bond acceptors (Lipinski definition) is 2. The zero-order valence-corrected chi connectivity index (χ0v) is 10.3. The SMILES string of the molecule is CCN(CC)C(=S)Nc1ccccc1C#N. The average molecular weight is 233 g/mol. The van der Waals surface area contributed by atoms with E-state index in [2.05, 4.69) is 11.4 Å². The number of para-hydroxylation sites is 1. The zero-order chi connectivity index (χ0) is 12.0. The van der Waals surface area contributed by atoms with Crippen LogP contribution in [0.4, 0.5) is 5.69 Å². The molecule has 0 spiro atoms. The zero-order valence-electron chi connectivity index (χ0n) is 9.53. The summed E-state index contributed by atoms with van der Waals surface area (Å²) in [5.74, 6) is 0. The number of hydrogen-bond donors (Lipinski definition) is 1. The van der Waals surface area contributed by atoms with Crippen LogP contribution in [0, 0.1) is 11.3 Å². The van der Waals surface area contributed by atoms with E-state index in [0.717, 1.165) is 18.8 Å². The molecule has 1 aromatic rings. The highest BCUT2D eigenvalue weighted by Gasteiger charge is 2.07. The van der Waals surface area contributed by atoms with Crippen molar-refractivity contribution >= 4 is 23.0 Å². The molecule has 0 aliphatic rings. The molecule has 0 fully saturated rings. The summed E-state index contributed by atoms with van der Waals surface area (Å²) in [7, 11) is 0. The van der Waals surface area contributed by atoms with E-state index in [0.29, 0.717) is 10.7 Å². The quantitative estimate of drug-likeness (QED) is 0.815. The van der Waals surface area contributed by atoms with Crippen molar-refractivity contribution in [3.63, 3.8) is 0 Å². The van der Waals surface area contributed by atoms with Crippen molar-refractivity contribution in [1.82, 2.24) is 4.90 Å². The van der Waals surface area contributed by atoms with Gasteiger partial charge in [-0.1, -0.05) is 12.1 Å². The van der Waals surface area contributed by atoms with Crippen LogP contribution in [-0.2, 0) is 0 Å². The van der Waals surface area contributed by atoms with Gasteiger partial charge >= 0.3 is 0 Å².